The zero-order chi connectivity index (χ0) is 8.32. The average molecular weight is 154 g/mol. The average Bonchev–Trinajstić information content (AvgIpc) is 2.52. The summed E-state index contributed by atoms with van der Waals surface area (Å²) in [6.07, 6.45) is 1.28. The number of carbonyl (C=O) groups excluding carboxylic acids is 1. The molecule has 1 aliphatic heterocycles. The first-order valence-electron chi connectivity index (χ1n) is 3.52. The predicted octanol–water partition coefficient (Wildman–Crippen LogP) is -0.195. The Morgan fingerprint density at radius 3 is 2.91 bits per heavy atom. The SMILES string of the molecule is CNC(=O)C1(C#N)CCCO1. The molecule has 1 N–H and O–H groups in total. The van der Waals surface area contributed by atoms with Crippen molar-refractivity contribution < 1.29 is 9.53 Å². The molecule has 0 aliphatic carbocycles. The van der Waals surface area contributed by atoms with E-state index in [9.17, 15) is 4.79 Å². The van der Waals surface area contributed by atoms with E-state index < -0.39 is 5.60 Å². The Morgan fingerprint density at radius 2 is 2.55 bits per heavy atom. The van der Waals surface area contributed by atoms with Gasteiger partial charge in [0.25, 0.3) is 5.91 Å². The van der Waals surface area contributed by atoms with Gasteiger partial charge in [0.1, 0.15) is 6.07 Å². The van der Waals surface area contributed by atoms with Gasteiger partial charge in [-0.05, 0) is 6.42 Å². The third-order valence-electron chi connectivity index (χ3n) is 1.80. The van der Waals surface area contributed by atoms with Crippen molar-refractivity contribution >= 4 is 5.91 Å². The number of hydrogen-bond donors (Lipinski definition) is 1. The van der Waals surface area contributed by atoms with Crippen molar-refractivity contribution in [2.75, 3.05) is 13.7 Å². The summed E-state index contributed by atoms with van der Waals surface area (Å²) in [5.74, 6) is -0.336. The highest BCUT2D eigenvalue weighted by molar-refractivity contribution is 5.88. The molecule has 0 aromatic rings. The van der Waals surface area contributed by atoms with Crippen LogP contribution in [0.4, 0.5) is 0 Å². The summed E-state index contributed by atoms with van der Waals surface area (Å²) >= 11 is 0. The van der Waals surface area contributed by atoms with E-state index in [1.54, 1.807) is 0 Å². The van der Waals surface area contributed by atoms with Crippen molar-refractivity contribution in [2.45, 2.75) is 18.4 Å². The molecule has 1 fully saturated rings. The molecule has 4 nitrogen and oxygen atoms in total. The predicted molar refractivity (Wildman–Crippen MR) is 37.6 cm³/mol. The molecular weight excluding hydrogens is 144 g/mol. The van der Waals surface area contributed by atoms with Gasteiger partial charge in [-0.25, -0.2) is 0 Å². The molecule has 4 heteroatoms. The van der Waals surface area contributed by atoms with Crippen LogP contribution in [0, 0.1) is 11.3 Å². The van der Waals surface area contributed by atoms with Crippen molar-refractivity contribution in [3.05, 3.63) is 0 Å². The summed E-state index contributed by atoms with van der Waals surface area (Å²) in [6.45, 7) is 0.501. The van der Waals surface area contributed by atoms with E-state index in [0.717, 1.165) is 6.42 Å². The van der Waals surface area contributed by atoms with Gasteiger partial charge in [-0.2, -0.15) is 5.26 Å². The highest BCUT2D eigenvalue weighted by atomic mass is 16.5. The fourth-order valence-corrected chi connectivity index (χ4v) is 1.16. The minimum absolute atomic E-state index is 0.336. The molecule has 1 rings (SSSR count). The number of ether oxygens (including phenoxy) is 1. The number of nitrogens with one attached hydrogen (secondary N) is 1. The molecule has 1 saturated heterocycles. The van der Waals surface area contributed by atoms with E-state index in [0.29, 0.717) is 13.0 Å². The van der Waals surface area contributed by atoms with Gasteiger partial charge in [0, 0.05) is 20.1 Å². The van der Waals surface area contributed by atoms with E-state index in [1.165, 1.54) is 7.05 Å². The van der Waals surface area contributed by atoms with Crippen LogP contribution in [0.15, 0.2) is 0 Å². The Kier molecular flexibility index (Phi) is 2.11. The maximum absolute atomic E-state index is 11.1. The highest BCUT2D eigenvalue weighted by Crippen LogP contribution is 2.24. The van der Waals surface area contributed by atoms with Crippen LogP contribution in [0.2, 0.25) is 0 Å². The first-order valence-corrected chi connectivity index (χ1v) is 3.52. The minimum atomic E-state index is -1.20. The lowest BCUT2D eigenvalue weighted by molar-refractivity contribution is -0.135. The molecule has 1 heterocycles. The van der Waals surface area contributed by atoms with Crippen LogP contribution < -0.4 is 5.32 Å². The van der Waals surface area contributed by atoms with E-state index >= 15 is 0 Å². The largest absolute Gasteiger partial charge is 0.356 e. The summed E-state index contributed by atoms with van der Waals surface area (Å²) in [6, 6.07) is 1.89. The van der Waals surface area contributed by atoms with Crippen LogP contribution in [0.1, 0.15) is 12.8 Å². The van der Waals surface area contributed by atoms with E-state index in [2.05, 4.69) is 5.32 Å². The van der Waals surface area contributed by atoms with Gasteiger partial charge in [-0.3, -0.25) is 4.79 Å². The molecule has 0 bridgehead atoms. The smallest absolute Gasteiger partial charge is 0.266 e. The number of amides is 1. The fourth-order valence-electron chi connectivity index (χ4n) is 1.16. The monoisotopic (exact) mass is 154 g/mol. The van der Waals surface area contributed by atoms with Gasteiger partial charge in [0.15, 0.2) is 0 Å². The summed E-state index contributed by atoms with van der Waals surface area (Å²) < 4.78 is 5.07. The lowest BCUT2D eigenvalue weighted by Crippen LogP contribution is -2.43. The number of likely N-dealkylation sites (N-methyl/N-ethyl adjacent to an activating group) is 1. The first-order chi connectivity index (χ1) is 5.25. The zero-order valence-electron chi connectivity index (χ0n) is 6.39. The Morgan fingerprint density at radius 1 is 1.82 bits per heavy atom. The van der Waals surface area contributed by atoms with Gasteiger partial charge < -0.3 is 10.1 Å². The number of nitriles is 1. The summed E-state index contributed by atoms with van der Waals surface area (Å²) in [7, 11) is 1.50. The number of hydrogen-bond acceptors (Lipinski definition) is 3. The fraction of sp³-hybridized carbons (Fsp3) is 0.714. The van der Waals surface area contributed by atoms with Crippen LogP contribution in [0.25, 0.3) is 0 Å². The Balaban J connectivity index is 2.76. The van der Waals surface area contributed by atoms with E-state index in [-0.39, 0.29) is 5.91 Å². The molecule has 1 amide bonds. The van der Waals surface area contributed by atoms with Crippen LogP contribution in [0.3, 0.4) is 0 Å². The first kappa shape index (κ1) is 8.02. The Labute approximate surface area is 65.1 Å². The number of nitrogens with zero attached hydrogens (tertiary/aromatic N) is 1. The topological polar surface area (TPSA) is 62.1 Å². The Bertz CT molecular complexity index is 201. The van der Waals surface area contributed by atoms with E-state index in [4.69, 9.17) is 10.00 Å². The molecule has 0 aromatic carbocycles. The second kappa shape index (κ2) is 2.89. The summed E-state index contributed by atoms with van der Waals surface area (Å²) in [5, 5.41) is 11.1. The molecule has 1 atom stereocenters. The summed E-state index contributed by atoms with van der Waals surface area (Å²) in [4.78, 5) is 11.1. The molecule has 0 radical (unpaired) electrons. The molecular formula is C7H10N2O2. The maximum Gasteiger partial charge on any atom is 0.266 e. The van der Waals surface area contributed by atoms with Gasteiger partial charge in [0.2, 0.25) is 5.60 Å². The van der Waals surface area contributed by atoms with Gasteiger partial charge in [-0.1, -0.05) is 0 Å². The molecule has 0 aromatic heterocycles. The van der Waals surface area contributed by atoms with Crippen molar-refractivity contribution in [3.8, 4) is 6.07 Å². The second-order valence-corrected chi connectivity index (χ2v) is 2.47. The Hall–Kier alpha value is -1.08. The lowest BCUT2D eigenvalue weighted by atomic mass is 10.0. The van der Waals surface area contributed by atoms with Gasteiger partial charge >= 0.3 is 0 Å². The van der Waals surface area contributed by atoms with Gasteiger partial charge in [0.05, 0.1) is 0 Å². The quantitative estimate of drug-likeness (QED) is 0.569. The molecule has 0 saturated carbocycles. The van der Waals surface area contributed by atoms with Crippen LogP contribution in [-0.2, 0) is 9.53 Å². The van der Waals surface area contributed by atoms with Gasteiger partial charge in [-0.15, -0.1) is 0 Å². The molecule has 1 aliphatic rings. The number of rotatable bonds is 1. The standard InChI is InChI=1S/C7H10N2O2/c1-9-6(10)7(5-8)3-2-4-11-7/h2-4H2,1H3,(H,9,10). The number of carbonyl (C=O) groups is 1. The summed E-state index contributed by atoms with van der Waals surface area (Å²) in [5.41, 5.74) is -1.20. The van der Waals surface area contributed by atoms with Crippen LogP contribution in [0.5, 0.6) is 0 Å². The second-order valence-electron chi connectivity index (χ2n) is 2.47. The normalized spacial score (nSPS) is 29.5. The third-order valence-corrected chi connectivity index (χ3v) is 1.80. The van der Waals surface area contributed by atoms with Crippen LogP contribution >= 0.6 is 0 Å². The maximum atomic E-state index is 11.1. The third kappa shape index (κ3) is 1.19. The zero-order valence-corrected chi connectivity index (χ0v) is 6.39. The molecule has 11 heavy (non-hydrogen) atoms. The van der Waals surface area contributed by atoms with Crippen molar-refractivity contribution in [2.24, 2.45) is 0 Å². The molecule has 60 valence electrons. The lowest BCUT2D eigenvalue weighted by Gasteiger charge is -2.16. The van der Waals surface area contributed by atoms with Crippen molar-refractivity contribution in [1.29, 1.82) is 5.26 Å². The minimum Gasteiger partial charge on any atom is -0.356 e. The highest BCUT2D eigenvalue weighted by Gasteiger charge is 2.42. The van der Waals surface area contributed by atoms with Crippen molar-refractivity contribution in [3.63, 3.8) is 0 Å². The van der Waals surface area contributed by atoms with Crippen molar-refractivity contribution in [1.82, 2.24) is 5.32 Å². The van der Waals surface area contributed by atoms with E-state index in [1.807, 2.05) is 6.07 Å². The van der Waals surface area contributed by atoms with Crippen LogP contribution in [-0.4, -0.2) is 25.2 Å². The molecule has 1 unspecified atom stereocenters. The molecule has 0 spiro atoms.